The molecule has 2 aromatic carbocycles. The van der Waals surface area contributed by atoms with Crippen molar-refractivity contribution < 1.29 is 4.79 Å². The number of carbonyl (C=O) groups excluding carboxylic acids is 1. The average Bonchev–Trinajstić information content (AvgIpc) is 3.15. The van der Waals surface area contributed by atoms with E-state index in [2.05, 4.69) is 40.7 Å². The molecular formula is C19H17N3OS. The number of amides is 1. The van der Waals surface area contributed by atoms with E-state index in [4.69, 9.17) is 0 Å². The minimum absolute atomic E-state index is 0.0576. The number of anilines is 3. The van der Waals surface area contributed by atoms with Crippen molar-refractivity contribution in [1.29, 1.82) is 0 Å². The van der Waals surface area contributed by atoms with Gasteiger partial charge in [-0.25, -0.2) is 4.98 Å². The third-order valence-corrected chi connectivity index (χ3v) is 5.03. The molecule has 0 fully saturated rings. The Labute approximate surface area is 144 Å². The van der Waals surface area contributed by atoms with Crippen LogP contribution in [-0.2, 0) is 4.79 Å². The number of hydrogen-bond donors (Lipinski definition) is 2. The quantitative estimate of drug-likeness (QED) is 0.714. The topological polar surface area (TPSA) is 54.0 Å². The maximum Gasteiger partial charge on any atom is 0.231 e. The van der Waals surface area contributed by atoms with Gasteiger partial charge in [-0.05, 0) is 43.7 Å². The van der Waals surface area contributed by atoms with Crippen LogP contribution in [-0.4, -0.2) is 10.9 Å². The highest BCUT2D eigenvalue weighted by molar-refractivity contribution is 7.14. The molecule has 1 aliphatic heterocycles. The smallest absolute Gasteiger partial charge is 0.231 e. The van der Waals surface area contributed by atoms with Crippen molar-refractivity contribution in [2.45, 2.75) is 19.8 Å². The normalized spacial score (nSPS) is 15.9. The van der Waals surface area contributed by atoms with Crippen molar-refractivity contribution in [3.63, 3.8) is 0 Å². The van der Waals surface area contributed by atoms with Gasteiger partial charge >= 0.3 is 0 Å². The Balaban J connectivity index is 1.59. The average molecular weight is 335 g/mol. The van der Waals surface area contributed by atoms with Gasteiger partial charge in [-0.1, -0.05) is 23.8 Å². The highest BCUT2D eigenvalue weighted by atomic mass is 32.1. The molecule has 1 aromatic heterocycles. The standard InChI is InChI=1S/C19H17N3OS/c1-11-3-6-14(7-4-11)20-19-22-17(10-24-19)13-5-8-16-15(9-13)12(2)18(23)21-16/h3-10,12H,1-2H3,(H,20,22)(H,21,23)/t12-/m1/s1. The van der Waals surface area contributed by atoms with E-state index < -0.39 is 0 Å². The van der Waals surface area contributed by atoms with Gasteiger partial charge in [-0.15, -0.1) is 11.3 Å². The molecule has 3 aromatic rings. The minimum Gasteiger partial charge on any atom is -0.332 e. The minimum atomic E-state index is -0.108. The number of benzene rings is 2. The van der Waals surface area contributed by atoms with Crippen LogP contribution in [0.4, 0.5) is 16.5 Å². The lowest BCUT2D eigenvalue weighted by molar-refractivity contribution is -0.116. The predicted octanol–water partition coefficient (Wildman–Crippen LogP) is 4.92. The first-order valence-electron chi connectivity index (χ1n) is 7.84. The summed E-state index contributed by atoms with van der Waals surface area (Å²) in [6.45, 7) is 4.00. The largest absolute Gasteiger partial charge is 0.332 e. The fourth-order valence-corrected chi connectivity index (χ4v) is 3.54. The number of aromatic nitrogens is 1. The van der Waals surface area contributed by atoms with Crippen LogP contribution in [0.1, 0.15) is 24.0 Å². The molecule has 4 rings (SSSR count). The second-order valence-corrected chi connectivity index (χ2v) is 6.90. The van der Waals surface area contributed by atoms with Gasteiger partial charge < -0.3 is 10.6 Å². The fraction of sp³-hybridized carbons (Fsp3) is 0.158. The summed E-state index contributed by atoms with van der Waals surface area (Å²) >= 11 is 1.57. The van der Waals surface area contributed by atoms with Crippen molar-refractivity contribution >= 4 is 33.8 Å². The van der Waals surface area contributed by atoms with Gasteiger partial charge in [0.05, 0.1) is 11.6 Å². The van der Waals surface area contributed by atoms with E-state index in [9.17, 15) is 4.79 Å². The number of hydrogen-bond acceptors (Lipinski definition) is 4. The number of carbonyl (C=O) groups is 1. The Kier molecular flexibility index (Phi) is 3.58. The van der Waals surface area contributed by atoms with Crippen molar-refractivity contribution in [1.82, 2.24) is 4.98 Å². The van der Waals surface area contributed by atoms with Gasteiger partial charge in [0.25, 0.3) is 0 Å². The zero-order valence-electron chi connectivity index (χ0n) is 13.5. The molecular weight excluding hydrogens is 318 g/mol. The zero-order chi connectivity index (χ0) is 16.7. The Morgan fingerprint density at radius 1 is 1.17 bits per heavy atom. The Morgan fingerprint density at radius 2 is 1.96 bits per heavy atom. The summed E-state index contributed by atoms with van der Waals surface area (Å²) in [5.74, 6) is -0.0501. The maximum atomic E-state index is 11.8. The van der Waals surface area contributed by atoms with Gasteiger partial charge in [-0.3, -0.25) is 4.79 Å². The molecule has 1 atom stereocenters. The Morgan fingerprint density at radius 3 is 2.75 bits per heavy atom. The molecule has 2 heterocycles. The van der Waals surface area contributed by atoms with Crippen LogP contribution < -0.4 is 10.6 Å². The highest BCUT2D eigenvalue weighted by Crippen LogP contribution is 2.36. The summed E-state index contributed by atoms with van der Waals surface area (Å²) < 4.78 is 0. The number of fused-ring (bicyclic) bond motifs is 1. The monoisotopic (exact) mass is 335 g/mol. The number of thiazole rings is 1. The summed E-state index contributed by atoms with van der Waals surface area (Å²) in [5, 5.41) is 9.12. The lowest BCUT2D eigenvalue weighted by Gasteiger charge is -2.04. The molecule has 0 unspecified atom stereocenters. The van der Waals surface area contributed by atoms with E-state index >= 15 is 0 Å². The van der Waals surface area contributed by atoms with Gasteiger partial charge in [-0.2, -0.15) is 0 Å². The third kappa shape index (κ3) is 2.67. The highest BCUT2D eigenvalue weighted by Gasteiger charge is 2.26. The molecule has 1 amide bonds. The molecule has 0 saturated carbocycles. The molecule has 0 spiro atoms. The Hall–Kier alpha value is -2.66. The van der Waals surface area contributed by atoms with Gasteiger partial charge in [0.2, 0.25) is 5.91 Å². The van der Waals surface area contributed by atoms with E-state index in [-0.39, 0.29) is 11.8 Å². The van der Waals surface area contributed by atoms with Gasteiger partial charge in [0.15, 0.2) is 5.13 Å². The predicted molar refractivity (Wildman–Crippen MR) is 99.1 cm³/mol. The first kappa shape index (κ1) is 14.9. The first-order chi connectivity index (χ1) is 11.6. The molecule has 24 heavy (non-hydrogen) atoms. The summed E-state index contributed by atoms with van der Waals surface area (Å²) in [6.07, 6.45) is 0. The van der Waals surface area contributed by atoms with Crippen LogP contribution in [0.15, 0.2) is 47.8 Å². The molecule has 0 radical (unpaired) electrons. The number of rotatable bonds is 3. The molecule has 4 nitrogen and oxygen atoms in total. The molecule has 2 N–H and O–H groups in total. The fourth-order valence-electron chi connectivity index (χ4n) is 2.80. The number of nitrogens with one attached hydrogen (secondary N) is 2. The van der Waals surface area contributed by atoms with E-state index in [1.54, 1.807) is 11.3 Å². The van der Waals surface area contributed by atoms with Crippen LogP contribution in [0.3, 0.4) is 0 Å². The molecule has 0 aliphatic carbocycles. The van der Waals surface area contributed by atoms with Crippen LogP contribution >= 0.6 is 11.3 Å². The second-order valence-electron chi connectivity index (χ2n) is 6.04. The molecule has 1 aliphatic rings. The van der Waals surface area contributed by atoms with E-state index in [1.807, 2.05) is 36.6 Å². The molecule has 5 heteroatoms. The van der Waals surface area contributed by atoms with E-state index in [0.29, 0.717) is 0 Å². The summed E-state index contributed by atoms with van der Waals surface area (Å²) in [5.41, 5.74) is 6.16. The molecule has 120 valence electrons. The number of nitrogens with zero attached hydrogens (tertiary/aromatic N) is 1. The molecule has 0 saturated heterocycles. The lowest BCUT2D eigenvalue weighted by atomic mass is 10.00. The van der Waals surface area contributed by atoms with Crippen LogP contribution in [0, 0.1) is 6.92 Å². The number of aryl methyl sites for hydroxylation is 1. The van der Waals surface area contributed by atoms with Gasteiger partial charge in [0.1, 0.15) is 0 Å². The second kappa shape index (κ2) is 5.76. The summed E-state index contributed by atoms with van der Waals surface area (Å²) in [6, 6.07) is 14.3. The van der Waals surface area contributed by atoms with E-state index in [1.165, 1.54) is 5.56 Å². The van der Waals surface area contributed by atoms with E-state index in [0.717, 1.165) is 33.3 Å². The van der Waals surface area contributed by atoms with Crippen molar-refractivity contribution in [2.24, 2.45) is 0 Å². The maximum absolute atomic E-state index is 11.8. The third-order valence-electron chi connectivity index (χ3n) is 4.27. The van der Waals surface area contributed by atoms with Gasteiger partial charge in [0, 0.05) is 22.3 Å². The van der Waals surface area contributed by atoms with Crippen molar-refractivity contribution in [3.05, 3.63) is 59.0 Å². The summed E-state index contributed by atoms with van der Waals surface area (Å²) in [7, 11) is 0. The van der Waals surface area contributed by atoms with Crippen LogP contribution in [0.25, 0.3) is 11.3 Å². The lowest BCUT2D eigenvalue weighted by Crippen LogP contribution is -2.08. The molecule has 0 bridgehead atoms. The van der Waals surface area contributed by atoms with Crippen LogP contribution in [0.5, 0.6) is 0 Å². The SMILES string of the molecule is Cc1ccc(Nc2nc(-c3ccc4c(c3)[C@@H](C)C(=O)N4)cs2)cc1. The zero-order valence-corrected chi connectivity index (χ0v) is 14.3. The summed E-state index contributed by atoms with van der Waals surface area (Å²) in [4.78, 5) is 16.4. The van der Waals surface area contributed by atoms with Crippen molar-refractivity contribution in [3.8, 4) is 11.3 Å². The Bertz CT molecular complexity index is 915. The van der Waals surface area contributed by atoms with Crippen LogP contribution in [0.2, 0.25) is 0 Å². The van der Waals surface area contributed by atoms with Crippen molar-refractivity contribution in [2.75, 3.05) is 10.6 Å². The first-order valence-corrected chi connectivity index (χ1v) is 8.72.